The Morgan fingerprint density at radius 2 is 1.73 bits per heavy atom. The number of rotatable bonds is 2. The van der Waals surface area contributed by atoms with E-state index in [4.69, 9.17) is 0 Å². The fraction of sp³-hybridized carbons (Fsp3) is 0.571. The average Bonchev–Trinajstić information content (AvgIpc) is 2.00. The van der Waals surface area contributed by atoms with Gasteiger partial charge >= 0.3 is 0 Å². The molecule has 0 aliphatic carbocycles. The molecule has 0 atom stereocenters. The molecule has 2 nitrogen and oxygen atoms in total. The molecule has 0 amide bonds. The molecule has 0 bridgehead atoms. The first-order valence-electron chi connectivity index (χ1n) is 3.17. The number of hydrogen-bond donors (Lipinski definition) is 0. The van der Waals surface area contributed by atoms with E-state index in [1.54, 1.807) is 0 Å². The lowest BCUT2D eigenvalue weighted by atomic mass is 10.3. The predicted octanol–water partition coefficient (Wildman–Crippen LogP) is 1.75. The molecule has 0 rings (SSSR count). The third kappa shape index (κ3) is 2.65. The molecule has 0 N–H and O–H groups in total. The minimum absolute atomic E-state index is 0.0718. The summed E-state index contributed by atoms with van der Waals surface area (Å²) >= 11 is 0. The van der Waals surface area contributed by atoms with E-state index in [-0.39, 0.29) is 5.57 Å². The van der Waals surface area contributed by atoms with Crippen LogP contribution >= 0.6 is 0 Å². The third-order valence-corrected chi connectivity index (χ3v) is 1.21. The summed E-state index contributed by atoms with van der Waals surface area (Å²) in [5, 5.41) is 0. The van der Waals surface area contributed by atoms with Crippen LogP contribution in [0.25, 0.3) is 0 Å². The Kier molecular flexibility index (Phi) is 3.71. The van der Waals surface area contributed by atoms with Crippen LogP contribution < -0.4 is 0 Å². The van der Waals surface area contributed by atoms with Gasteiger partial charge in [0, 0.05) is 21.1 Å². The molecule has 0 saturated heterocycles. The van der Waals surface area contributed by atoms with Gasteiger partial charge in [-0.15, -0.1) is 0 Å². The van der Waals surface area contributed by atoms with Gasteiger partial charge in [0.1, 0.15) is 0 Å². The zero-order valence-electron chi connectivity index (χ0n) is 7.15. The van der Waals surface area contributed by atoms with Gasteiger partial charge in [0.05, 0.1) is 5.57 Å². The van der Waals surface area contributed by atoms with Crippen molar-refractivity contribution >= 4 is 5.97 Å². The molecule has 0 aromatic heterocycles. The summed E-state index contributed by atoms with van der Waals surface area (Å²) in [6.45, 7) is 1.34. The van der Waals surface area contributed by atoms with E-state index in [2.05, 4.69) is 4.99 Å². The number of nitrogens with zero attached hydrogens (tertiary/aromatic N) is 2. The highest BCUT2D eigenvalue weighted by Crippen LogP contribution is 2.10. The first-order chi connectivity index (χ1) is 5.00. The Hall–Kier alpha value is -0.930. The number of allylic oxidation sites excluding steroid dienone is 1. The quantitative estimate of drug-likeness (QED) is 0.446. The lowest BCUT2D eigenvalue weighted by Crippen LogP contribution is -2.11. The van der Waals surface area contributed by atoms with Gasteiger partial charge in [0.25, 0.3) is 0 Å². The maximum Gasteiger partial charge on any atom is 0.215 e. The molecule has 0 aromatic carbocycles. The van der Waals surface area contributed by atoms with E-state index in [1.165, 1.54) is 33.0 Å². The second kappa shape index (κ2) is 4.05. The predicted molar refractivity (Wildman–Crippen MR) is 42.0 cm³/mol. The topological polar surface area (TPSA) is 15.6 Å². The summed E-state index contributed by atoms with van der Waals surface area (Å²) < 4.78 is 25.4. The average molecular weight is 162 g/mol. The normalized spacial score (nSPS) is 14.5. The number of hydrogen-bond acceptors (Lipinski definition) is 2. The summed E-state index contributed by atoms with van der Waals surface area (Å²) in [4.78, 5) is 4.41. The summed E-state index contributed by atoms with van der Waals surface area (Å²) in [6, 6.07) is 0. The van der Waals surface area contributed by atoms with Gasteiger partial charge in [-0.05, 0) is 6.92 Å². The molecule has 4 heteroatoms. The zero-order valence-corrected chi connectivity index (χ0v) is 7.15. The zero-order chi connectivity index (χ0) is 9.02. The van der Waals surface area contributed by atoms with E-state index >= 15 is 0 Å². The largest absolute Gasteiger partial charge is 0.354 e. The highest BCUT2D eigenvalue weighted by atomic mass is 19.1. The van der Waals surface area contributed by atoms with Crippen molar-refractivity contribution in [1.82, 2.24) is 4.90 Å². The van der Waals surface area contributed by atoms with E-state index in [0.717, 1.165) is 0 Å². The SMILES string of the molecule is CN=C(F)/C(C)=C(/F)N(C)C. The third-order valence-electron chi connectivity index (χ3n) is 1.21. The van der Waals surface area contributed by atoms with Crippen molar-refractivity contribution in [3.63, 3.8) is 0 Å². The molecular weight excluding hydrogens is 150 g/mol. The van der Waals surface area contributed by atoms with Crippen LogP contribution in [0.4, 0.5) is 8.78 Å². The summed E-state index contributed by atoms with van der Waals surface area (Å²) in [7, 11) is 4.28. The van der Waals surface area contributed by atoms with Crippen molar-refractivity contribution < 1.29 is 8.78 Å². The standard InChI is InChI=1S/C7H12F2N2/c1-5(6(8)10-2)7(9)11(3)4/h1-4H3/b7-5-,10-6?. The number of halogens is 2. The molecule has 0 aromatic rings. The van der Waals surface area contributed by atoms with Gasteiger partial charge in [-0.1, -0.05) is 0 Å². The Balaban J connectivity index is 4.67. The minimum atomic E-state index is -0.767. The Labute approximate surface area is 65.2 Å². The lowest BCUT2D eigenvalue weighted by molar-refractivity contribution is 0.369. The molecule has 0 unspecified atom stereocenters. The van der Waals surface area contributed by atoms with Gasteiger partial charge < -0.3 is 4.90 Å². The molecule has 11 heavy (non-hydrogen) atoms. The molecule has 0 radical (unpaired) electrons. The Bertz CT molecular complexity index is 195. The Morgan fingerprint density at radius 3 is 2.00 bits per heavy atom. The van der Waals surface area contributed by atoms with Crippen LogP contribution in [0.2, 0.25) is 0 Å². The molecular formula is C7H12F2N2. The van der Waals surface area contributed by atoms with Crippen LogP contribution in [-0.4, -0.2) is 32.0 Å². The first kappa shape index (κ1) is 10.1. The highest BCUT2D eigenvalue weighted by Gasteiger charge is 2.08. The van der Waals surface area contributed by atoms with Crippen molar-refractivity contribution in [2.75, 3.05) is 21.1 Å². The molecule has 0 aliphatic heterocycles. The van der Waals surface area contributed by atoms with Crippen LogP contribution in [0.3, 0.4) is 0 Å². The smallest absolute Gasteiger partial charge is 0.215 e. The summed E-state index contributed by atoms with van der Waals surface area (Å²) in [5.41, 5.74) is -0.0718. The van der Waals surface area contributed by atoms with Crippen molar-refractivity contribution in [3.8, 4) is 0 Å². The molecule has 0 fully saturated rings. The van der Waals surface area contributed by atoms with Crippen LogP contribution in [0.1, 0.15) is 6.92 Å². The summed E-state index contributed by atoms with van der Waals surface area (Å²) in [5.74, 6) is -1.37. The highest BCUT2D eigenvalue weighted by molar-refractivity contribution is 5.92. The van der Waals surface area contributed by atoms with Crippen LogP contribution in [0.15, 0.2) is 16.5 Å². The van der Waals surface area contributed by atoms with Gasteiger partial charge in [0.15, 0.2) is 5.95 Å². The van der Waals surface area contributed by atoms with Crippen LogP contribution in [0, 0.1) is 0 Å². The monoisotopic (exact) mass is 162 g/mol. The summed E-state index contributed by atoms with van der Waals surface area (Å²) in [6.07, 6.45) is 0. The van der Waals surface area contributed by atoms with E-state index < -0.39 is 11.9 Å². The second-order valence-corrected chi connectivity index (χ2v) is 2.32. The van der Waals surface area contributed by atoms with Gasteiger partial charge in [-0.25, -0.2) is 0 Å². The van der Waals surface area contributed by atoms with Gasteiger partial charge in [-0.2, -0.15) is 8.78 Å². The van der Waals surface area contributed by atoms with Crippen molar-refractivity contribution in [3.05, 3.63) is 11.5 Å². The fourth-order valence-corrected chi connectivity index (χ4v) is 0.588. The van der Waals surface area contributed by atoms with E-state index in [1.807, 2.05) is 0 Å². The number of aliphatic imine (C=N–C) groups is 1. The Morgan fingerprint density at radius 1 is 1.27 bits per heavy atom. The van der Waals surface area contributed by atoms with Crippen molar-refractivity contribution in [1.29, 1.82) is 0 Å². The molecule has 0 spiro atoms. The minimum Gasteiger partial charge on any atom is -0.354 e. The molecule has 0 aliphatic rings. The second-order valence-electron chi connectivity index (χ2n) is 2.32. The molecule has 64 valence electrons. The van der Waals surface area contributed by atoms with Crippen LogP contribution in [0.5, 0.6) is 0 Å². The van der Waals surface area contributed by atoms with Crippen molar-refractivity contribution in [2.45, 2.75) is 6.92 Å². The fourth-order valence-electron chi connectivity index (χ4n) is 0.588. The van der Waals surface area contributed by atoms with Gasteiger partial charge in [0.2, 0.25) is 5.97 Å². The first-order valence-corrected chi connectivity index (χ1v) is 3.17. The lowest BCUT2D eigenvalue weighted by Gasteiger charge is -2.10. The maximum absolute atomic E-state index is 12.8. The van der Waals surface area contributed by atoms with Crippen molar-refractivity contribution in [2.24, 2.45) is 4.99 Å². The maximum atomic E-state index is 12.8. The van der Waals surface area contributed by atoms with E-state index in [9.17, 15) is 8.78 Å². The molecule has 0 heterocycles. The molecule has 0 saturated carbocycles. The van der Waals surface area contributed by atoms with E-state index in [0.29, 0.717) is 0 Å². The van der Waals surface area contributed by atoms with Gasteiger partial charge in [-0.3, -0.25) is 4.99 Å². The van der Waals surface area contributed by atoms with Crippen LogP contribution in [-0.2, 0) is 0 Å².